The van der Waals surface area contributed by atoms with E-state index >= 15 is 0 Å². The van der Waals surface area contributed by atoms with Crippen molar-refractivity contribution in [2.24, 2.45) is 4.99 Å². The molecule has 0 aliphatic rings. The number of hydrogen-bond acceptors (Lipinski definition) is 3. The zero-order valence-electron chi connectivity index (χ0n) is 13.5. The minimum Gasteiger partial charge on any atom is -0.357 e. The van der Waals surface area contributed by atoms with Crippen LogP contribution in [0.2, 0.25) is 0 Å². The van der Waals surface area contributed by atoms with Crippen LogP contribution in [-0.4, -0.2) is 38.8 Å². The van der Waals surface area contributed by atoms with Gasteiger partial charge in [0, 0.05) is 16.6 Å². The van der Waals surface area contributed by atoms with E-state index in [-0.39, 0.29) is 17.8 Å². The average molecular weight is 390 g/mol. The van der Waals surface area contributed by atoms with Gasteiger partial charge >= 0.3 is 0 Å². The maximum atomic E-state index is 12.2. The molecule has 0 saturated carbocycles. The molecule has 7 heteroatoms. The quantitative estimate of drug-likeness (QED) is 0.599. The Morgan fingerprint density at radius 1 is 1.23 bits per heavy atom. The lowest BCUT2D eigenvalue weighted by Gasteiger charge is -2.23. The van der Waals surface area contributed by atoms with E-state index in [9.17, 15) is 8.42 Å². The highest BCUT2D eigenvalue weighted by Crippen LogP contribution is 2.15. The molecule has 0 fully saturated rings. The second kappa shape index (κ2) is 7.97. The summed E-state index contributed by atoms with van der Waals surface area (Å²) in [5, 5.41) is 6.34. The molecular formula is C15H24BrN3O2S. The van der Waals surface area contributed by atoms with Gasteiger partial charge in [-0.25, -0.2) is 8.42 Å². The van der Waals surface area contributed by atoms with Crippen LogP contribution in [0, 0.1) is 0 Å². The molecule has 0 radical (unpaired) electrons. The first-order chi connectivity index (χ1) is 10.1. The van der Waals surface area contributed by atoms with Gasteiger partial charge in [0.25, 0.3) is 0 Å². The van der Waals surface area contributed by atoms with Gasteiger partial charge in [-0.15, -0.1) is 0 Å². The van der Waals surface area contributed by atoms with Crippen molar-refractivity contribution < 1.29 is 8.42 Å². The molecular weight excluding hydrogens is 366 g/mol. The third kappa shape index (κ3) is 6.79. The number of hydrogen-bond donors (Lipinski definition) is 2. The van der Waals surface area contributed by atoms with Crippen LogP contribution in [0.15, 0.2) is 38.6 Å². The molecule has 0 aliphatic carbocycles. The van der Waals surface area contributed by atoms with Crippen LogP contribution in [0.4, 0.5) is 0 Å². The van der Waals surface area contributed by atoms with Gasteiger partial charge in [-0.1, -0.05) is 15.9 Å². The van der Waals surface area contributed by atoms with Crippen molar-refractivity contribution in [1.82, 2.24) is 10.6 Å². The summed E-state index contributed by atoms with van der Waals surface area (Å²) in [4.78, 5) is 4.65. The molecule has 1 aromatic rings. The summed E-state index contributed by atoms with van der Waals surface area (Å²) in [5.41, 5.74) is -0.133. The average Bonchev–Trinajstić information content (AvgIpc) is 2.37. The van der Waals surface area contributed by atoms with Gasteiger partial charge in [-0.3, -0.25) is 4.99 Å². The largest absolute Gasteiger partial charge is 0.357 e. The molecule has 2 N–H and O–H groups in total. The second-order valence-electron chi connectivity index (χ2n) is 5.91. The normalized spacial score (nSPS) is 13.0. The smallest absolute Gasteiger partial charge is 0.191 e. The van der Waals surface area contributed by atoms with Crippen molar-refractivity contribution >= 4 is 31.7 Å². The highest BCUT2D eigenvalue weighted by Gasteiger charge is 2.15. The fourth-order valence-corrected chi connectivity index (χ4v) is 3.08. The molecule has 0 amide bonds. The van der Waals surface area contributed by atoms with Crippen molar-refractivity contribution in [2.75, 3.05) is 18.8 Å². The number of rotatable bonds is 5. The van der Waals surface area contributed by atoms with E-state index < -0.39 is 9.84 Å². The minimum atomic E-state index is -3.31. The van der Waals surface area contributed by atoms with E-state index in [0.29, 0.717) is 10.9 Å². The Morgan fingerprint density at radius 2 is 1.82 bits per heavy atom. The molecule has 124 valence electrons. The summed E-state index contributed by atoms with van der Waals surface area (Å²) in [5.74, 6) is 0.607. The second-order valence-corrected chi connectivity index (χ2v) is 8.93. The predicted octanol–water partition coefficient (Wildman–Crippen LogP) is 2.58. The molecule has 1 aromatic carbocycles. The van der Waals surface area contributed by atoms with Gasteiger partial charge < -0.3 is 10.6 Å². The fraction of sp³-hybridized carbons (Fsp3) is 0.533. The lowest BCUT2D eigenvalue weighted by molar-refractivity contribution is 0.502. The molecule has 0 aromatic heterocycles. The molecule has 0 aliphatic heterocycles. The number of sulfone groups is 1. The zero-order chi connectivity index (χ0) is 16.8. The third-order valence-corrected chi connectivity index (χ3v) is 4.88. The van der Waals surface area contributed by atoms with Gasteiger partial charge in [0.05, 0.1) is 17.2 Å². The van der Waals surface area contributed by atoms with E-state index in [1.807, 2.05) is 27.7 Å². The summed E-state index contributed by atoms with van der Waals surface area (Å²) in [7, 11) is -3.31. The van der Waals surface area contributed by atoms with E-state index in [4.69, 9.17) is 0 Å². The highest BCUT2D eigenvalue weighted by atomic mass is 79.9. The Balaban J connectivity index is 2.73. The van der Waals surface area contributed by atoms with Crippen molar-refractivity contribution in [1.29, 1.82) is 0 Å². The Hall–Kier alpha value is -1.08. The van der Waals surface area contributed by atoms with E-state index in [1.54, 1.807) is 24.3 Å². The number of benzene rings is 1. The van der Waals surface area contributed by atoms with Crippen LogP contribution < -0.4 is 10.6 Å². The number of nitrogens with one attached hydrogen (secondary N) is 2. The molecule has 0 heterocycles. The molecule has 0 unspecified atom stereocenters. The van der Waals surface area contributed by atoms with Gasteiger partial charge in [-0.05, 0) is 52.0 Å². The lowest BCUT2D eigenvalue weighted by Crippen LogP contribution is -2.47. The first-order valence-electron chi connectivity index (χ1n) is 7.19. The summed E-state index contributed by atoms with van der Waals surface area (Å²) in [6.07, 6.45) is 0. The maximum Gasteiger partial charge on any atom is 0.191 e. The minimum absolute atomic E-state index is 0.0185. The maximum absolute atomic E-state index is 12.2. The predicted molar refractivity (Wildman–Crippen MR) is 95.1 cm³/mol. The van der Waals surface area contributed by atoms with Crippen LogP contribution in [0.25, 0.3) is 0 Å². The summed E-state index contributed by atoms with van der Waals surface area (Å²) < 4.78 is 25.3. The lowest BCUT2D eigenvalue weighted by atomic mass is 10.1. The van der Waals surface area contributed by atoms with Crippen LogP contribution in [0.3, 0.4) is 0 Å². The van der Waals surface area contributed by atoms with E-state index in [0.717, 1.165) is 11.0 Å². The van der Waals surface area contributed by atoms with Crippen LogP contribution in [0.1, 0.15) is 27.7 Å². The molecule has 0 saturated heterocycles. The SMILES string of the molecule is CCNC(=NCCS(=O)(=O)c1ccc(Br)cc1)NC(C)(C)C. The molecule has 22 heavy (non-hydrogen) atoms. The van der Waals surface area contributed by atoms with Crippen LogP contribution in [0.5, 0.6) is 0 Å². The topological polar surface area (TPSA) is 70.6 Å². The van der Waals surface area contributed by atoms with Gasteiger partial charge in [0.15, 0.2) is 15.8 Å². The molecule has 1 rings (SSSR count). The number of halogens is 1. The zero-order valence-corrected chi connectivity index (χ0v) is 15.9. The fourth-order valence-electron chi connectivity index (χ4n) is 1.70. The number of guanidine groups is 1. The Bertz CT molecular complexity index is 605. The van der Waals surface area contributed by atoms with Crippen molar-refractivity contribution in [2.45, 2.75) is 38.1 Å². The van der Waals surface area contributed by atoms with Crippen LogP contribution >= 0.6 is 15.9 Å². The third-order valence-electron chi connectivity index (χ3n) is 2.64. The van der Waals surface area contributed by atoms with E-state index in [1.165, 1.54) is 0 Å². The van der Waals surface area contributed by atoms with E-state index in [2.05, 4.69) is 31.6 Å². The number of aliphatic imine (C=N–C) groups is 1. The summed E-state index contributed by atoms with van der Waals surface area (Å²) in [6.45, 7) is 8.99. The van der Waals surface area contributed by atoms with Crippen molar-refractivity contribution in [3.8, 4) is 0 Å². The highest BCUT2D eigenvalue weighted by molar-refractivity contribution is 9.10. The van der Waals surface area contributed by atoms with Crippen LogP contribution in [-0.2, 0) is 9.84 Å². The Kier molecular flexibility index (Phi) is 6.87. The number of nitrogens with zero attached hydrogens (tertiary/aromatic N) is 1. The standard InChI is InChI=1S/C15H24BrN3O2S/c1-5-17-14(19-15(2,3)4)18-10-11-22(20,21)13-8-6-12(16)7-9-13/h6-9H,5,10-11H2,1-4H3,(H2,17,18,19). The Morgan fingerprint density at radius 3 is 2.32 bits per heavy atom. The molecule has 5 nitrogen and oxygen atoms in total. The Labute approximate surface area is 141 Å². The molecule has 0 atom stereocenters. The molecule has 0 bridgehead atoms. The van der Waals surface area contributed by atoms with Gasteiger partial charge in [-0.2, -0.15) is 0 Å². The van der Waals surface area contributed by atoms with Crippen molar-refractivity contribution in [3.63, 3.8) is 0 Å². The summed E-state index contributed by atoms with van der Waals surface area (Å²) >= 11 is 3.30. The monoisotopic (exact) mass is 389 g/mol. The van der Waals surface area contributed by atoms with Crippen molar-refractivity contribution in [3.05, 3.63) is 28.7 Å². The first kappa shape index (κ1) is 19.0. The molecule has 0 spiro atoms. The van der Waals surface area contributed by atoms with Gasteiger partial charge in [0.1, 0.15) is 0 Å². The first-order valence-corrected chi connectivity index (χ1v) is 9.63. The summed E-state index contributed by atoms with van der Waals surface area (Å²) in [6, 6.07) is 6.65. The van der Waals surface area contributed by atoms with Gasteiger partial charge in [0.2, 0.25) is 0 Å².